The molecule has 0 saturated heterocycles. The highest BCUT2D eigenvalue weighted by Gasteiger charge is 2.37. The molecule has 2 rings (SSSR count). The number of thiophene rings is 1. The molecule has 0 bridgehead atoms. The topological polar surface area (TPSA) is 66.4 Å². The van der Waals surface area contributed by atoms with Crippen molar-refractivity contribution in [3.8, 4) is 0 Å². The van der Waals surface area contributed by atoms with E-state index in [0.29, 0.717) is 11.3 Å². The van der Waals surface area contributed by atoms with Crippen LogP contribution in [0.1, 0.15) is 23.8 Å². The Labute approximate surface area is 131 Å². The van der Waals surface area contributed by atoms with E-state index in [2.05, 4.69) is 5.32 Å². The predicted octanol–water partition coefficient (Wildman–Crippen LogP) is 3.57. The number of aliphatic carboxylic acids is 1. The van der Waals surface area contributed by atoms with Crippen LogP contribution in [0, 0.1) is 12.7 Å². The highest BCUT2D eigenvalue weighted by atomic mass is 32.1. The van der Waals surface area contributed by atoms with Gasteiger partial charge in [-0.05, 0) is 37.6 Å². The van der Waals surface area contributed by atoms with Crippen molar-refractivity contribution in [2.24, 2.45) is 0 Å². The first-order valence-electron chi connectivity index (χ1n) is 6.66. The van der Waals surface area contributed by atoms with Crippen molar-refractivity contribution in [1.29, 1.82) is 0 Å². The number of carboxylic acids is 1. The molecule has 1 atom stereocenters. The average Bonchev–Trinajstić information content (AvgIpc) is 2.83. The number of anilines is 1. The zero-order valence-electron chi connectivity index (χ0n) is 12.2. The molecule has 6 heteroatoms. The minimum atomic E-state index is -1.28. The Morgan fingerprint density at radius 1 is 1.32 bits per heavy atom. The van der Waals surface area contributed by atoms with Crippen LogP contribution in [-0.2, 0) is 15.0 Å². The van der Waals surface area contributed by atoms with E-state index in [4.69, 9.17) is 5.11 Å². The number of hydrogen-bond donors (Lipinski definition) is 2. The van der Waals surface area contributed by atoms with E-state index < -0.39 is 23.1 Å². The minimum absolute atomic E-state index is 0.381. The van der Waals surface area contributed by atoms with Crippen LogP contribution in [0.4, 0.5) is 10.1 Å². The smallest absolute Gasteiger partial charge is 0.304 e. The average molecular weight is 321 g/mol. The SMILES string of the molecule is Cc1cc(NC(=O)C(C)(CC(=O)O)c2ccc(F)cc2)cs1. The number of benzene rings is 1. The van der Waals surface area contributed by atoms with Crippen molar-refractivity contribution in [3.05, 3.63) is 52.0 Å². The molecule has 0 saturated carbocycles. The molecule has 0 spiro atoms. The third-order valence-corrected chi connectivity index (χ3v) is 4.34. The van der Waals surface area contributed by atoms with Gasteiger partial charge < -0.3 is 10.4 Å². The lowest BCUT2D eigenvalue weighted by Gasteiger charge is -2.27. The van der Waals surface area contributed by atoms with E-state index in [-0.39, 0.29) is 6.42 Å². The zero-order valence-corrected chi connectivity index (χ0v) is 13.0. The molecule has 1 aromatic heterocycles. The third-order valence-electron chi connectivity index (χ3n) is 3.48. The van der Waals surface area contributed by atoms with E-state index >= 15 is 0 Å². The van der Waals surface area contributed by atoms with E-state index in [1.807, 2.05) is 13.0 Å². The van der Waals surface area contributed by atoms with Gasteiger partial charge in [0.2, 0.25) is 5.91 Å². The number of carbonyl (C=O) groups excluding carboxylic acids is 1. The fourth-order valence-corrected chi connectivity index (χ4v) is 2.85. The van der Waals surface area contributed by atoms with Crippen molar-refractivity contribution in [2.45, 2.75) is 25.7 Å². The summed E-state index contributed by atoms with van der Waals surface area (Å²) in [4.78, 5) is 24.8. The number of nitrogens with one attached hydrogen (secondary N) is 1. The summed E-state index contributed by atoms with van der Waals surface area (Å²) in [6, 6.07) is 7.14. The molecule has 0 aliphatic carbocycles. The van der Waals surface area contributed by atoms with Gasteiger partial charge in [0.15, 0.2) is 0 Å². The summed E-state index contributed by atoms with van der Waals surface area (Å²) in [6.07, 6.45) is -0.381. The monoisotopic (exact) mass is 321 g/mol. The Bertz CT molecular complexity index is 696. The molecular weight excluding hydrogens is 305 g/mol. The predicted molar refractivity (Wildman–Crippen MR) is 83.7 cm³/mol. The summed E-state index contributed by atoms with van der Waals surface area (Å²) in [7, 11) is 0. The number of carboxylic acid groups (broad SMARTS) is 1. The molecule has 1 amide bonds. The van der Waals surface area contributed by atoms with Gasteiger partial charge in [-0.1, -0.05) is 12.1 Å². The van der Waals surface area contributed by atoms with Gasteiger partial charge in [0.25, 0.3) is 0 Å². The third kappa shape index (κ3) is 3.51. The van der Waals surface area contributed by atoms with Crippen molar-refractivity contribution < 1.29 is 19.1 Å². The Balaban J connectivity index is 2.33. The van der Waals surface area contributed by atoms with Gasteiger partial charge >= 0.3 is 5.97 Å². The van der Waals surface area contributed by atoms with Crippen LogP contribution in [0.25, 0.3) is 0 Å². The molecule has 2 aromatic rings. The van der Waals surface area contributed by atoms with Gasteiger partial charge in [0.05, 0.1) is 17.5 Å². The maximum absolute atomic E-state index is 13.1. The van der Waals surface area contributed by atoms with Crippen LogP contribution in [0.3, 0.4) is 0 Å². The number of hydrogen-bond acceptors (Lipinski definition) is 3. The highest BCUT2D eigenvalue weighted by Crippen LogP contribution is 2.30. The summed E-state index contributed by atoms with van der Waals surface area (Å²) in [6.45, 7) is 3.46. The molecular formula is C16H16FNO3S. The Morgan fingerprint density at radius 2 is 1.95 bits per heavy atom. The summed E-state index contributed by atoms with van der Waals surface area (Å²) in [5.74, 6) is -1.96. The van der Waals surface area contributed by atoms with Gasteiger partial charge in [-0.3, -0.25) is 9.59 Å². The van der Waals surface area contributed by atoms with Crippen LogP contribution in [0.15, 0.2) is 35.7 Å². The molecule has 0 aliphatic rings. The summed E-state index contributed by atoms with van der Waals surface area (Å²) in [5, 5.41) is 13.7. The van der Waals surface area contributed by atoms with Gasteiger partial charge in [-0.2, -0.15) is 0 Å². The second-order valence-corrected chi connectivity index (χ2v) is 6.43. The lowest BCUT2D eigenvalue weighted by Crippen LogP contribution is -2.39. The maximum atomic E-state index is 13.1. The van der Waals surface area contributed by atoms with E-state index in [0.717, 1.165) is 4.88 Å². The lowest BCUT2D eigenvalue weighted by molar-refractivity contribution is -0.140. The molecule has 116 valence electrons. The van der Waals surface area contributed by atoms with Crippen molar-refractivity contribution in [2.75, 3.05) is 5.32 Å². The fourth-order valence-electron chi connectivity index (χ4n) is 2.21. The summed E-state index contributed by atoms with van der Waals surface area (Å²) in [5.41, 5.74) is -0.193. The quantitative estimate of drug-likeness (QED) is 0.885. The normalized spacial score (nSPS) is 13.4. The van der Waals surface area contributed by atoms with Gasteiger partial charge in [0.1, 0.15) is 5.82 Å². The van der Waals surface area contributed by atoms with Crippen molar-refractivity contribution in [1.82, 2.24) is 0 Å². The summed E-state index contributed by atoms with van der Waals surface area (Å²) < 4.78 is 13.1. The number of rotatable bonds is 5. The molecule has 1 unspecified atom stereocenters. The molecule has 0 radical (unpaired) electrons. The molecule has 4 nitrogen and oxygen atoms in total. The minimum Gasteiger partial charge on any atom is -0.481 e. The van der Waals surface area contributed by atoms with Crippen LogP contribution >= 0.6 is 11.3 Å². The second-order valence-electron chi connectivity index (χ2n) is 5.31. The zero-order chi connectivity index (χ0) is 16.3. The highest BCUT2D eigenvalue weighted by molar-refractivity contribution is 7.10. The first-order valence-corrected chi connectivity index (χ1v) is 7.53. The number of amides is 1. The second kappa shape index (κ2) is 6.27. The van der Waals surface area contributed by atoms with Crippen LogP contribution in [0.2, 0.25) is 0 Å². The molecule has 0 fully saturated rings. The van der Waals surface area contributed by atoms with Crippen molar-refractivity contribution in [3.63, 3.8) is 0 Å². The van der Waals surface area contributed by atoms with E-state index in [9.17, 15) is 14.0 Å². The number of carbonyl (C=O) groups is 2. The molecule has 0 aliphatic heterocycles. The largest absolute Gasteiger partial charge is 0.481 e. The van der Waals surface area contributed by atoms with Crippen LogP contribution < -0.4 is 5.32 Å². The van der Waals surface area contributed by atoms with Crippen LogP contribution in [-0.4, -0.2) is 17.0 Å². The number of aryl methyl sites for hydroxylation is 1. The van der Waals surface area contributed by atoms with Crippen molar-refractivity contribution >= 4 is 28.9 Å². The maximum Gasteiger partial charge on any atom is 0.304 e. The molecule has 1 aromatic carbocycles. The van der Waals surface area contributed by atoms with Gasteiger partial charge in [0, 0.05) is 10.3 Å². The standard InChI is InChI=1S/C16H16FNO3S/c1-10-7-13(9-22-10)18-15(21)16(2,8-14(19)20)11-3-5-12(17)6-4-11/h3-7,9H,8H2,1-2H3,(H,18,21)(H,19,20). The fraction of sp³-hybridized carbons (Fsp3) is 0.250. The van der Waals surface area contributed by atoms with E-state index in [1.54, 1.807) is 12.3 Å². The Kier molecular flexibility index (Phi) is 4.61. The van der Waals surface area contributed by atoms with E-state index in [1.165, 1.54) is 35.6 Å². The first kappa shape index (κ1) is 16.2. The van der Waals surface area contributed by atoms with Crippen LogP contribution in [0.5, 0.6) is 0 Å². The van der Waals surface area contributed by atoms with Gasteiger partial charge in [-0.15, -0.1) is 11.3 Å². The molecule has 22 heavy (non-hydrogen) atoms. The Morgan fingerprint density at radius 3 is 2.45 bits per heavy atom. The first-order chi connectivity index (χ1) is 10.3. The molecule has 1 heterocycles. The lowest BCUT2D eigenvalue weighted by atomic mass is 9.78. The van der Waals surface area contributed by atoms with Gasteiger partial charge in [-0.25, -0.2) is 4.39 Å². The molecule has 2 N–H and O–H groups in total. The Hall–Kier alpha value is -2.21. The summed E-state index contributed by atoms with van der Waals surface area (Å²) >= 11 is 1.49. The number of halogens is 1.